The summed E-state index contributed by atoms with van der Waals surface area (Å²) < 4.78 is 12.5. The molecule has 0 aromatic heterocycles. The Morgan fingerprint density at radius 1 is 0.854 bits per heavy atom. The van der Waals surface area contributed by atoms with E-state index in [9.17, 15) is 24.9 Å². The van der Waals surface area contributed by atoms with Gasteiger partial charge < -0.3 is 24.8 Å². The van der Waals surface area contributed by atoms with Crippen LogP contribution in [-0.2, 0) is 19.1 Å². The van der Waals surface area contributed by atoms with E-state index in [1.54, 1.807) is 39.8 Å². The van der Waals surface area contributed by atoms with Crippen LogP contribution in [-0.4, -0.2) is 58.3 Å². The van der Waals surface area contributed by atoms with Crippen molar-refractivity contribution in [1.29, 1.82) is 0 Å². The van der Waals surface area contributed by atoms with Crippen LogP contribution < -0.4 is 0 Å². The first-order chi connectivity index (χ1) is 22.2. The van der Waals surface area contributed by atoms with Crippen molar-refractivity contribution in [3.8, 4) is 0 Å². The van der Waals surface area contributed by atoms with Crippen LogP contribution in [0, 0.1) is 56.2 Å². The molecule has 12 atom stereocenters. The maximum Gasteiger partial charge on any atom is 0.333 e. The molecule has 0 radical (unpaired) electrons. The molecule has 0 saturated heterocycles. The highest BCUT2D eigenvalue weighted by Crippen LogP contribution is 2.76. The lowest BCUT2D eigenvalue weighted by molar-refractivity contribution is -0.291. The Hall–Kier alpha value is -1.96. The molecule has 270 valence electrons. The molecule has 7 heteroatoms. The van der Waals surface area contributed by atoms with Gasteiger partial charge in [0.1, 0.15) is 6.10 Å². The minimum Gasteiger partial charge on any atom is -0.454 e. The van der Waals surface area contributed by atoms with Crippen LogP contribution in [0.15, 0.2) is 34.9 Å². The van der Waals surface area contributed by atoms with E-state index in [2.05, 4.69) is 47.6 Å². The van der Waals surface area contributed by atoms with Crippen molar-refractivity contribution >= 4 is 11.9 Å². The highest BCUT2D eigenvalue weighted by Gasteiger charge is 2.76. The molecule has 7 nitrogen and oxygen atoms in total. The summed E-state index contributed by atoms with van der Waals surface area (Å²) in [5, 5.41) is 36.8. The van der Waals surface area contributed by atoms with Gasteiger partial charge in [0, 0.05) is 22.0 Å². The van der Waals surface area contributed by atoms with Crippen LogP contribution in [0.1, 0.15) is 122 Å². The van der Waals surface area contributed by atoms with Crippen LogP contribution in [0.5, 0.6) is 0 Å². The van der Waals surface area contributed by atoms with Gasteiger partial charge in [-0.25, -0.2) is 9.59 Å². The molecule has 0 aromatic carbocycles. The summed E-state index contributed by atoms with van der Waals surface area (Å²) in [6.07, 6.45) is 6.48. The van der Waals surface area contributed by atoms with E-state index < -0.39 is 65.1 Å². The van der Waals surface area contributed by atoms with Gasteiger partial charge in [0.05, 0.1) is 24.2 Å². The summed E-state index contributed by atoms with van der Waals surface area (Å²) in [5.41, 5.74) is -1.16. The third-order valence-electron chi connectivity index (χ3n) is 16.0. The van der Waals surface area contributed by atoms with Crippen LogP contribution in [0.2, 0.25) is 0 Å². The minimum absolute atomic E-state index is 0.0854. The first-order valence-electron chi connectivity index (χ1n) is 18.5. The lowest BCUT2D eigenvalue weighted by atomic mass is 9.32. The highest BCUT2D eigenvalue weighted by atomic mass is 16.6. The summed E-state index contributed by atoms with van der Waals surface area (Å²) in [4.78, 5) is 26.9. The highest BCUT2D eigenvalue weighted by molar-refractivity contribution is 5.88. The Morgan fingerprint density at radius 2 is 1.42 bits per heavy atom. The zero-order chi connectivity index (χ0) is 36.0. The van der Waals surface area contributed by atoms with Crippen LogP contribution >= 0.6 is 0 Å². The van der Waals surface area contributed by atoms with Crippen molar-refractivity contribution in [2.45, 2.75) is 146 Å². The van der Waals surface area contributed by atoms with Crippen molar-refractivity contribution in [3.05, 3.63) is 34.9 Å². The number of aliphatic hydroxyl groups is 3. The van der Waals surface area contributed by atoms with E-state index in [4.69, 9.17) is 9.47 Å². The van der Waals surface area contributed by atoms with Crippen molar-refractivity contribution in [1.82, 2.24) is 0 Å². The number of carbonyl (C=O) groups excluding carboxylic acids is 2. The Labute approximate surface area is 289 Å². The number of esters is 2. The second-order valence-electron chi connectivity index (χ2n) is 18.4. The zero-order valence-corrected chi connectivity index (χ0v) is 31.8. The summed E-state index contributed by atoms with van der Waals surface area (Å²) in [7, 11) is 0. The van der Waals surface area contributed by atoms with Crippen molar-refractivity contribution in [2.75, 3.05) is 6.61 Å². The van der Waals surface area contributed by atoms with E-state index in [0.717, 1.165) is 31.3 Å². The number of aliphatic hydroxyl groups excluding tert-OH is 3. The second kappa shape index (κ2) is 12.1. The smallest absolute Gasteiger partial charge is 0.333 e. The Balaban J connectivity index is 1.69. The van der Waals surface area contributed by atoms with Gasteiger partial charge in [0.15, 0.2) is 6.10 Å². The summed E-state index contributed by atoms with van der Waals surface area (Å²) in [5.74, 6) is -0.0390. The monoisotopic (exact) mass is 668 g/mol. The van der Waals surface area contributed by atoms with E-state index >= 15 is 0 Å². The fraction of sp³-hybridized carbons (Fsp3) is 0.805. The second-order valence-corrected chi connectivity index (χ2v) is 18.4. The largest absolute Gasteiger partial charge is 0.454 e. The van der Waals surface area contributed by atoms with E-state index in [-0.39, 0.29) is 16.2 Å². The third kappa shape index (κ3) is 4.82. The SMILES string of the molecule is C/C=C(/C)C(=O)O[C@H]1[C@H](OC(=O)/C(C)=C\C)[C@@]2(CO)C(CC1(C)C)C1=CCC3[C@@]4(C)CC[C@H](C)C(C)(C)C4CC[C@@]3(C)[C@]1(C)[C@@H](O)[C@H]2O. The molecular formula is C41H64O7. The number of rotatable bonds is 5. The molecule has 4 saturated carbocycles. The molecule has 5 rings (SSSR count). The van der Waals surface area contributed by atoms with Gasteiger partial charge in [-0.3, -0.25) is 0 Å². The van der Waals surface area contributed by atoms with E-state index in [1.807, 2.05) is 13.8 Å². The average molecular weight is 669 g/mol. The lowest BCUT2D eigenvalue weighted by Gasteiger charge is -2.73. The number of fused-ring (bicyclic) bond motifs is 7. The van der Waals surface area contributed by atoms with Gasteiger partial charge in [-0.05, 0) is 106 Å². The number of hydrogen-bond donors (Lipinski definition) is 3. The molecule has 0 aliphatic heterocycles. The maximum atomic E-state index is 13.5. The summed E-state index contributed by atoms with van der Waals surface area (Å²) >= 11 is 0. The fourth-order valence-corrected chi connectivity index (χ4v) is 12.1. The number of carbonyl (C=O) groups is 2. The van der Waals surface area contributed by atoms with E-state index in [1.165, 1.54) is 6.42 Å². The molecule has 0 amide bonds. The lowest BCUT2D eigenvalue weighted by Crippen LogP contribution is -2.76. The maximum absolute atomic E-state index is 13.5. The van der Waals surface area contributed by atoms with E-state index in [0.29, 0.717) is 35.3 Å². The minimum atomic E-state index is -1.49. The molecule has 0 spiro atoms. The fourth-order valence-electron chi connectivity index (χ4n) is 12.1. The molecule has 48 heavy (non-hydrogen) atoms. The summed E-state index contributed by atoms with van der Waals surface area (Å²) in [6, 6.07) is 0. The molecule has 5 aliphatic carbocycles. The predicted molar refractivity (Wildman–Crippen MR) is 187 cm³/mol. The number of hydrogen-bond acceptors (Lipinski definition) is 7. The Bertz CT molecular complexity index is 1400. The normalized spacial score (nSPS) is 46.6. The Morgan fingerprint density at radius 3 is 1.96 bits per heavy atom. The molecule has 0 heterocycles. The average Bonchev–Trinajstić information content (AvgIpc) is 3.03. The number of ether oxygens (including phenoxy) is 2. The first-order valence-corrected chi connectivity index (χ1v) is 18.5. The first kappa shape index (κ1) is 37.3. The zero-order valence-electron chi connectivity index (χ0n) is 31.8. The topological polar surface area (TPSA) is 113 Å². The number of allylic oxidation sites excluding steroid dienone is 3. The molecule has 0 aromatic rings. The quantitative estimate of drug-likeness (QED) is 0.160. The standard InChI is InChI=1S/C41H64O7/c1-13-23(3)34(45)47-32-33(48-35(46)24(4)14-2)41(22-42)27(21-36(32,6)7)26-15-16-29-38(10)19-17-25(5)37(8,9)28(38)18-20-39(29,11)40(26,12)30(43)31(41)44/h13-15,25,27-33,42-44H,16-22H2,1-12H3/b23-13-,24-14-/t25-,27?,28?,29?,30-,31+,32-,33-,38-,39+,40-,41-/m0/s1. The Kier molecular flexibility index (Phi) is 9.39. The van der Waals surface area contributed by atoms with Gasteiger partial charge in [-0.2, -0.15) is 0 Å². The molecule has 0 bridgehead atoms. The van der Waals surface area contributed by atoms with Gasteiger partial charge in [0.2, 0.25) is 0 Å². The summed E-state index contributed by atoms with van der Waals surface area (Å²) in [6.45, 7) is 24.6. The van der Waals surface area contributed by atoms with Crippen LogP contribution in [0.3, 0.4) is 0 Å². The van der Waals surface area contributed by atoms with Crippen molar-refractivity contribution in [3.63, 3.8) is 0 Å². The van der Waals surface area contributed by atoms with Crippen molar-refractivity contribution < 1.29 is 34.4 Å². The van der Waals surface area contributed by atoms with Crippen molar-refractivity contribution in [2.24, 2.45) is 56.2 Å². The van der Waals surface area contributed by atoms with Crippen LogP contribution in [0.25, 0.3) is 0 Å². The third-order valence-corrected chi connectivity index (χ3v) is 16.0. The molecule has 3 N–H and O–H groups in total. The molecular weight excluding hydrogens is 604 g/mol. The van der Waals surface area contributed by atoms with Gasteiger partial charge >= 0.3 is 11.9 Å². The molecule has 4 fully saturated rings. The van der Waals surface area contributed by atoms with Gasteiger partial charge in [-0.15, -0.1) is 0 Å². The predicted octanol–water partition coefficient (Wildman–Crippen LogP) is 7.33. The molecule has 3 unspecified atom stereocenters. The van der Waals surface area contributed by atoms with Gasteiger partial charge in [0.25, 0.3) is 0 Å². The molecule has 5 aliphatic rings. The van der Waals surface area contributed by atoms with Gasteiger partial charge in [-0.1, -0.05) is 79.2 Å². The van der Waals surface area contributed by atoms with Crippen LogP contribution in [0.4, 0.5) is 0 Å².